The number of aromatic nitrogens is 1. The molecule has 0 atom stereocenters. The molecule has 144 valence electrons. The van der Waals surface area contributed by atoms with Crippen LogP contribution in [0.15, 0.2) is 54.7 Å². The molecule has 6 heteroatoms. The van der Waals surface area contributed by atoms with E-state index in [0.29, 0.717) is 24.2 Å². The molecule has 1 fully saturated rings. The number of hydrogen-bond donors (Lipinski definition) is 0. The molecule has 1 aromatic heterocycles. The quantitative estimate of drug-likeness (QED) is 0.724. The smallest absolute Gasteiger partial charge is 0.274 e. The zero-order valence-corrected chi connectivity index (χ0v) is 15.6. The molecule has 0 amide bonds. The summed E-state index contributed by atoms with van der Waals surface area (Å²) in [5.41, 5.74) is 0.695. The predicted molar refractivity (Wildman–Crippen MR) is 104 cm³/mol. The van der Waals surface area contributed by atoms with Gasteiger partial charge in [-0.25, -0.2) is 4.98 Å². The monoisotopic (exact) mass is 373 g/mol. The third kappa shape index (κ3) is 5.26. The molecular weight excluding hydrogens is 348 g/mol. The number of anilines is 1. The first kappa shape index (κ1) is 19.3. The molecule has 0 bridgehead atoms. The standard InChI is InChI=1S/C21H25F2N3O/c1-27-18-9-7-17(8-10-18)19(21(22)23)5-4-12-25-13-15-26(16-14-25)20-6-2-3-11-24-20/h2-3,6-11H,4-5,12-16H2,1H3. The van der Waals surface area contributed by atoms with Gasteiger partial charge in [-0.3, -0.25) is 4.90 Å². The molecule has 0 spiro atoms. The maximum Gasteiger partial charge on any atom is 0.274 e. The zero-order valence-electron chi connectivity index (χ0n) is 15.6. The molecular formula is C21H25F2N3O. The number of methoxy groups -OCH3 is 1. The van der Waals surface area contributed by atoms with E-state index < -0.39 is 6.08 Å². The number of allylic oxidation sites excluding steroid dienone is 1. The van der Waals surface area contributed by atoms with E-state index in [2.05, 4.69) is 14.8 Å². The van der Waals surface area contributed by atoms with Gasteiger partial charge in [0.2, 0.25) is 0 Å². The van der Waals surface area contributed by atoms with Crippen molar-refractivity contribution in [1.82, 2.24) is 9.88 Å². The van der Waals surface area contributed by atoms with Crippen LogP contribution >= 0.6 is 0 Å². The molecule has 3 rings (SSSR count). The van der Waals surface area contributed by atoms with Crippen LogP contribution in [0.25, 0.3) is 5.57 Å². The van der Waals surface area contributed by atoms with Gasteiger partial charge in [0.25, 0.3) is 6.08 Å². The molecule has 27 heavy (non-hydrogen) atoms. The van der Waals surface area contributed by atoms with E-state index in [1.54, 1.807) is 37.6 Å². The number of nitrogens with zero attached hydrogens (tertiary/aromatic N) is 3. The summed E-state index contributed by atoms with van der Waals surface area (Å²) in [6, 6.07) is 12.7. The maximum atomic E-state index is 13.4. The van der Waals surface area contributed by atoms with Crippen molar-refractivity contribution < 1.29 is 13.5 Å². The summed E-state index contributed by atoms with van der Waals surface area (Å²) in [4.78, 5) is 8.99. The van der Waals surface area contributed by atoms with Crippen LogP contribution in [0.2, 0.25) is 0 Å². The van der Waals surface area contributed by atoms with Crippen molar-refractivity contribution in [1.29, 1.82) is 0 Å². The summed E-state index contributed by atoms with van der Waals surface area (Å²) >= 11 is 0. The molecule has 2 aromatic rings. The SMILES string of the molecule is COc1ccc(C(CCCN2CCN(c3ccccn3)CC2)=C(F)F)cc1. The van der Waals surface area contributed by atoms with E-state index in [4.69, 9.17) is 4.74 Å². The highest BCUT2D eigenvalue weighted by Gasteiger charge is 2.18. The fourth-order valence-electron chi connectivity index (χ4n) is 3.36. The average molecular weight is 373 g/mol. The first-order chi connectivity index (χ1) is 13.2. The van der Waals surface area contributed by atoms with Crippen LogP contribution in [-0.4, -0.2) is 49.7 Å². The lowest BCUT2D eigenvalue weighted by Gasteiger charge is -2.35. The topological polar surface area (TPSA) is 28.6 Å². The van der Waals surface area contributed by atoms with Gasteiger partial charge in [-0.15, -0.1) is 0 Å². The molecule has 0 N–H and O–H groups in total. The number of benzene rings is 1. The molecule has 1 aliphatic rings. The number of rotatable bonds is 7. The Morgan fingerprint density at radius 2 is 1.78 bits per heavy atom. The number of hydrogen-bond acceptors (Lipinski definition) is 4. The van der Waals surface area contributed by atoms with Gasteiger partial charge < -0.3 is 9.64 Å². The molecule has 0 unspecified atom stereocenters. The fraction of sp³-hybridized carbons (Fsp3) is 0.381. The molecule has 1 saturated heterocycles. The highest BCUT2D eigenvalue weighted by Crippen LogP contribution is 2.27. The predicted octanol–water partition coefficient (Wildman–Crippen LogP) is 4.30. The van der Waals surface area contributed by atoms with Crippen molar-refractivity contribution in [3.8, 4) is 5.75 Å². The highest BCUT2D eigenvalue weighted by molar-refractivity contribution is 5.66. The largest absolute Gasteiger partial charge is 0.497 e. The van der Waals surface area contributed by atoms with E-state index in [9.17, 15) is 8.78 Å². The summed E-state index contributed by atoms with van der Waals surface area (Å²) in [6.07, 6.45) is 1.29. The Hall–Kier alpha value is -2.47. The lowest BCUT2D eigenvalue weighted by atomic mass is 10.0. The first-order valence-electron chi connectivity index (χ1n) is 9.24. The molecule has 4 nitrogen and oxygen atoms in total. The van der Waals surface area contributed by atoms with Gasteiger partial charge in [0.15, 0.2) is 0 Å². The van der Waals surface area contributed by atoms with Gasteiger partial charge in [0.1, 0.15) is 11.6 Å². The Morgan fingerprint density at radius 3 is 2.37 bits per heavy atom. The molecule has 1 aliphatic heterocycles. The van der Waals surface area contributed by atoms with E-state index in [0.717, 1.165) is 38.5 Å². The van der Waals surface area contributed by atoms with Crippen molar-refractivity contribution in [3.05, 3.63) is 60.3 Å². The van der Waals surface area contributed by atoms with Crippen LogP contribution in [0.3, 0.4) is 0 Å². The van der Waals surface area contributed by atoms with Gasteiger partial charge in [0.05, 0.1) is 7.11 Å². The van der Waals surface area contributed by atoms with Crippen molar-refractivity contribution in [2.24, 2.45) is 0 Å². The molecule has 0 aliphatic carbocycles. The van der Waals surface area contributed by atoms with Gasteiger partial charge in [0, 0.05) is 37.9 Å². The van der Waals surface area contributed by atoms with E-state index in [1.165, 1.54) is 0 Å². The second-order valence-electron chi connectivity index (χ2n) is 6.59. The highest BCUT2D eigenvalue weighted by atomic mass is 19.3. The molecule has 2 heterocycles. The summed E-state index contributed by atoms with van der Waals surface area (Å²) < 4.78 is 31.9. The Labute approximate surface area is 159 Å². The van der Waals surface area contributed by atoms with Crippen LogP contribution in [0.1, 0.15) is 18.4 Å². The Morgan fingerprint density at radius 1 is 1.04 bits per heavy atom. The van der Waals surface area contributed by atoms with Crippen molar-refractivity contribution in [2.45, 2.75) is 12.8 Å². The minimum absolute atomic E-state index is 0.129. The normalized spacial score (nSPS) is 14.9. The zero-order chi connectivity index (χ0) is 19.1. The van der Waals surface area contributed by atoms with E-state index in [-0.39, 0.29) is 5.57 Å². The molecule has 1 aromatic carbocycles. The Bertz CT molecular complexity index is 738. The van der Waals surface area contributed by atoms with Crippen molar-refractivity contribution in [3.63, 3.8) is 0 Å². The van der Waals surface area contributed by atoms with Gasteiger partial charge in [-0.05, 0) is 49.2 Å². The van der Waals surface area contributed by atoms with Crippen LogP contribution in [0, 0.1) is 0 Å². The van der Waals surface area contributed by atoms with Crippen LogP contribution in [-0.2, 0) is 0 Å². The molecule has 0 saturated carbocycles. The lowest BCUT2D eigenvalue weighted by molar-refractivity contribution is 0.255. The third-order valence-corrected chi connectivity index (χ3v) is 4.91. The first-order valence-corrected chi connectivity index (χ1v) is 9.24. The van der Waals surface area contributed by atoms with E-state index >= 15 is 0 Å². The average Bonchev–Trinajstić information content (AvgIpc) is 2.72. The number of ether oxygens (including phenoxy) is 1. The summed E-state index contributed by atoms with van der Waals surface area (Å²) in [6.45, 7) is 4.50. The second-order valence-corrected chi connectivity index (χ2v) is 6.59. The minimum atomic E-state index is -1.60. The second kappa shape index (κ2) is 9.46. The van der Waals surface area contributed by atoms with Crippen LogP contribution in [0.4, 0.5) is 14.6 Å². The number of piperazine rings is 1. The van der Waals surface area contributed by atoms with E-state index in [1.807, 2.05) is 18.2 Å². The summed E-state index contributed by atoms with van der Waals surface area (Å²) in [5.74, 6) is 1.67. The van der Waals surface area contributed by atoms with Crippen molar-refractivity contribution in [2.75, 3.05) is 44.7 Å². The van der Waals surface area contributed by atoms with Crippen LogP contribution in [0.5, 0.6) is 5.75 Å². The Balaban J connectivity index is 1.48. The van der Waals surface area contributed by atoms with Crippen molar-refractivity contribution >= 4 is 11.4 Å². The minimum Gasteiger partial charge on any atom is -0.497 e. The third-order valence-electron chi connectivity index (χ3n) is 4.91. The fourth-order valence-corrected chi connectivity index (χ4v) is 3.36. The van der Waals surface area contributed by atoms with Gasteiger partial charge >= 0.3 is 0 Å². The van der Waals surface area contributed by atoms with Gasteiger partial charge in [-0.1, -0.05) is 18.2 Å². The molecule has 0 radical (unpaired) electrons. The summed E-state index contributed by atoms with van der Waals surface area (Å²) in [7, 11) is 1.56. The maximum absolute atomic E-state index is 13.4. The number of pyridine rings is 1. The van der Waals surface area contributed by atoms with Gasteiger partial charge in [-0.2, -0.15) is 8.78 Å². The van der Waals surface area contributed by atoms with Crippen LogP contribution < -0.4 is 9.64 Å². The summed E-state index contributed by atoms with van der Waals surface area (Å²) in [5, 5.41) is 0. The number of halogens is 2. The Kier molecular flexibility index (Phi) is 6.76. The lowest BCUT2D eigenvalue weighted by Crippen LogP contribution is -2.46.